The monoisotopic (exact) mass is 198 g/mol. The Bertz CT molecular complexity index is 273. The zero-order valence-electron chi connectivity index (χ0n) is 6.63. The maximum Gasteiger partial charge on any atom is 0.0204 e. The third-order valence-corrected chi connectivity index (χ3v) is 1.93. The number of rotatable bonds is 1. The van der Waals surface area contributed by atoms with Gasteiger partial charge in [0.2, 0.25) is 0 Å². The average Bonchev–Trinajstić information content (AvgIpc) is 2.58. The molecule has 0 fully saturated rings. The maximum absolute atomic E-state index is 2.20. The Balaban J connectivity index is 0.000000720. The van der Waals surface area contributed by atoms with Gasteiger partial charge in [-0.2, -0.15) is 0 Å². The van der Waals surface area contributed by atoms with Crippen LogP contribution < -0.4 is 0 Å². The van der Waals surface area contributed by atoms with Crippen molar-refractivity contribution in [3.63, 3.8) is 0 Å². The van der Waals surface area contributed by atoms with Crippen molar-refractivity contribution >= 4 is 0 Å². The molecule has 0 aromatic heterocycles. The molecule has 1 aromatic rings. The van der Waals surface area contributed by atoms with E-state index in [1.807, 2.05) is 6.07 Å². The molecule has 0 saturated heterocycles. The SMILES string of the molecule is C1=CC(c2ccccc2)C=C1.[Fe]. The summed E-state index contributed by atoms with van der Waals surface area (Å²) in [5.41, 5.74) is 1.37. The fraction of sp³-hybridized carbons (Fsp3) is 0.0909. The van der Waals surface area contributed by atoms with Crippen molar-refractivity contribution < 1.29 is 17.1 Å². The van der Waals surface area contributed by atoms with E-state index in [4.69, 9.17) is 0 Å². The van der Waals surface area contributed by atoms with Gasteiger partial charge in [-0.1, -0.05) is 54.6 Å². The summed E-state index contributed by atoms with van der Waals surface area (Å²) in [6, 6.07) is 10.5. The van der Waals surface area contributed by atoms with Crippen LogP contribution >= 0.6 is 0 Å². The Morgan fingerprint density at radius 3 is 2.00 bits per heavy atom. The summed E-state index contributed by atoms with van der Waals surface area (Å²) in [6.45, 7) is 0. The van der Waals surface area contributed by atoms with Crippen LogP contribution in [0.25, 0.3) is 0 Å². The minimum atomic E-state index is 0. The molecule has 2 rings (SSSR count). The summed E-state index contributed by atoms with van der Waals surface area (Å²) >= 11 is 0. The molecule has 1 aromatic carbocycles. The van der Waals surface area contributed by atoms with Crippen LogP contribution in [0.5, 0.6) is 0 Å². The minimum absolute atomic E-state index is 0. The largest absolute Gasteiger partial charge is 0.0732 e. The van der Waals surface area contributed by atoms with Crippen LogP contribution in [-0.2, 0) is 17.1 Å². The van der Waals surface area contributed by atoms with E-state index in [2.05, 4.69) is 48.6 Å². The molecule has 0 N–H and O–H groups in total. The predicted octanol–water partition coefficient (Wildman–Crippen LogP) is 2.89. The summed E-state index contributed by atoms with van der Waals surface area (Å²) < 4.78 is 0. The van der Waals surface area contributed by atoms with Gasteiger partial charge in [0, 0.05) is 23.0 Å². The second-order valence-electron chi connectivity index (χ2n) is 2.71. The first-order chi connectivity index (χ1) is 5.47. The van der Waals surface area contributed by atoms with E-state index in [0.29, 0.717) is 5.92 Å². The van der Waals surface area contributed by atoms with Gasteiger partial charge in [-0.25, -0.2) is 0 Å². The maximum atomic E-state index is 2.20. The molecular weight excluding hydrogens is 188 g/mol. The first kappa shape index (κ1) is 9.31. The number of hydrogen-bond donors (Lipinski definition) is 0. The molecule has 0 nitrogen and oxygen atoms in total. The van der Waals surface area contributed by atoms with Gasteiger partial charge in [-0.15, -0.1) is 0 Å². The van der Waals surface area contributed by atoms with E-state index in [9.17, 15) is 0 Å². The van der Waals surface area contributed by atoms with Crippen LogP contribution in [0.3, 0.4) is 0 Å². The smallest absolute Gasteiger partial charge is 0.0204 e. The molecule has 0 spiro atoms. The third kappa shape index (κ3) is 1.88. The molecule has 0 unspecified atom stereocenters. The van der Waals surface area contributed by atoms with Gasteiger partial charge in [0.15, 0.2) is 0 Å². The Morgan fingerprint density at radius 1 is 0.833 bits per heavy atom. The van der Waals surface area contributed by atoms with Crippen LogP contribution in [0.15, 0.2) is 54.6 Å². The Labute approximate surface area is 83.5 Å². The Hall–Kier alpha value is -0.781. The Morgan fingerprint density at radius 2 is 1.42 bits per heavy atom. The molecule has 62 valence electrons. The van der Waals surface area contributed by atoms with E-state index in [0.717, 1.165) is 0 Å². The standard InChI is InChI=1S/C11H10.Fe/c1-2-6-10(7-3-1)11-8-4-5-9-11;/h1-9,11H;. The van der Waals surface area contributed by atoms with Gasteiger partial charge in [0.1, 0.15) is 0 Å². The first-order valence-corrected chi connectivity index (χ1v) is 3.87. The van der Waals surface area contributed by atoms with Crippen LogP contribution in [-0.4, -0.2) is 0 Å². The van der Waals surface area contributed by atoms with Crippen molar-refractivity contribution in [3.8, 4) is 0 Å². The zero-order chi connectivity index (χ0) is 7.52. The summed E-state index contributed by atoms with van der Waals surface area (Å²) in [6.07, 6.45) is 8.60. The molecule has 12 heavy (non-hydrogen) atoms. The minimum Gasteiger partial charge on any atom is -0.0732 e. The summed E-state index contributed by atoms with van der Waals surface area (Å²) in [7, 11) is 0. The fourth-order valence-electron chi connectivity index (χ4n) is 1.33. The summed E-state index contributed by atoms with van der Waals surface area (Å²) in [5, 5.41) is 0. The topological polar surface area (TPSA) is 0 Å². The normalized spacial score (nSPS) is 14.7. The van der Waals surface area contributed by atoms with Crippen molar-refractivity contribution in [1.82, 2.24) is 0 Å². The number of benzene rings is 1. The molecule has 1 heteroatoms. The average molecular weight is 198 g/mol. The second kappa shape index (κ2) is 4.30. The number of hydrogen-bond acceptors (Lipinski definition) is 0. The molecule has 0 radical (unpaired) electrons. The van der Waals surface area contributed by atoms with Gasteiger partial charge in [0.05, 0.1) is 0 Å². The van der Waals surface area contributed by atoms with Crippen LogP contribution in [0, 0.1) is 0 Å². The van der Waals surface area contributed by atoms with E-state index < -0.39 is 0 Å². The van der Waals surface area contributed by atoms with Crippen molar-refractivity contribution in [2.24, 2.45) is 0 Å². The third-order valence-electron chi connectivity index (χ3n) is 1.93. The summed E-state index contributed by atoms with van der Waals surface area (Å²) in [4.78, 5) is 0. The first-order valence-electron chi connectivity index (χ1n) is 3.87. The van der Waals surface area contributed by atoms with Gasteiger partial charge in [-0.05, 0) is 5.56 Å². The molecule has 1 aliphatic carbocycles. The van der Waals surface area contributed by atoms with Gasteiger partial charge in [-0.3, -0.25) is 0 Å². The van der Waals surface area contributed by atoms with Gasteiger partial charge < -0.3 is 0 Å². The molecule has 0 aliphatic heterocycles. The molecular formula is C11H10Fe. The van der Waals surface area contributed by atoms with Crippen molar-refractivity contribution in [2.75, 3.05) is 0 Å². The summed E-state index contributed by atoms with van der Waals surface area (Å²) in [5.74, 6) is 0.510. The molecule has 1 aliphatic rings. The van der Waals surface area contributed by atoms with Gasteiger partial charge in [0.25, 0.3) is 0 Å². The zero-order valence-corrected chi connectivity index (χ0v) is 7.73. The van der Waals surface area contributed by atoms with Crippen LogP contribution in [0.4, 0.5) is 0 Å². The van der Waals surface area contributed by atoms with E-state index in [1.54, 1.807) is 0 Å². The van der Waals surface area contributed by atoms with E-state index in [-0.39, 0.29) is 17.1 Å². The van der Waals surface area contributed by atoms with Crippen molar-refractivity contribution in [2.45, 2.75) is 5.92 Å². The van der Waals surface area contributed by atoms with E-state index in [1.165, 1.54) is 5.56 Å². The fourth-order valence-corrected chi connectivity index (χ4v) is 1.33. The van der Waals surface area contributed by atoms with Crippen LogP contribution in [0.2, 0.25) is 0 Å². The molecule has 0 saturated carbocycles. The van der Waals surface area contributed by atoms with Crippen LogP contribution in [0.1, 0.15) is 11.5 Å². The van der Waals surface area contributed by atoms with E-state index >= 15 is 0 Å². The van der Waals surface area contributed by atoms with Crippen molar-refractivity contribution in [1.29, 1.82) is 0 Å². The molecule has 0 bridgehead atoms. The van der Waals surface area contributed by atoms with Crippen molar-refractivity contribution in [3.05, 3.63) is 60.2 Å². The molecule has 0 heterocycles. The predicted molar refractivity (Wildman–Crippen MR) is 47.5 cm³/mol. The second-order valence-corrected chi connectivity index (χ2v) is 2.71. The quantitative estimate of drug-likeness (QED) is 0.608. The number of allylic oxidation sites excluding steroid dienone is 4. The Kier molecular flexibility index (Phi) is 3.33. The molecule has 0 amide bonds. The van der Waals surface area contributed by atoms with Gasteiger partial charge >= 0.3 is 0 Å². The molecule has 0 atom stereocenters.